The summed E-state index contributed by atoms with van der Waals surface area (Å²) < 4.78 is 5.37. The predicted molar refractivity (Wildman–Crippen MR) is 97.3 cm³/mol. The van der Waals surface area contributed by atoms with Crippen LogP contribution in [0.3, 0.4) is 0 Å². The zero-order chi connectivity index (χ0) is 17.9. The average molecular weight is 353 g/mol. The maximum Gasteiger partial charge on any atom is 0.278 e. The molecule has 0 unspecified atom stereocenters. The van der Waals surface area contributed by atoms with E-state index in [0.29, 0.717) is 16.9 Å². The number of carbonyl (C=O) groups excluding carboxylic acids is 2. The molecule has 1 aromatic carbocycles. The Labute approximate surface area is 152 Å². The van der Waals surface area contributed by atoms with Crippen LogP contribution in [0.2, 0.25) is 0 Å². The molecule has 0 bridgehead atoms. The second kappa shape index (κ2) is 7.32. The number of nitrogens with zero attached hydrogens (tertiary/aromatic N) is 2. The number of amides is 2. The minimum atomic E-state index is -0.254. The highest BCUT2D eigenvalue weighted by atomic mass is 16.5. The lowest BCUT2D eigenvalue weighted by molar-refractivity contribution is 0.0792. The molecular weight excluding hydrogens is 330 g/mol. The summed E-state index contributed by atoms with van der Waals surface area (Å²) >= 11 is 0. The Bertz CT molecular complexity index is 804. The minimum absolute atomic E-state index is 0.0576. The number of nitrogens with one attached hydrogen (secondary N) is 1. The second-order valence-electron chi connectivity index (χ2n) is 7.02. The van der Waals surface area contributed by atoms with Crippen molar-refractivity contribution >= 4 is 17.5 Å². The van der Waals surface area contributed by atoms with Gasteiger partial charge >= 0.3 is 0 Å². The Kier molecular flexibility index (Phi) is 4.73. The van der Waals surface area contributed by atoms with Crippen LogP contribution in [0.25, 0.3) is 0 Å². The number of hydrogen-bond acceptors (Lipinski definition) is 4. The quantitative estimate of drug-likeness (QED) is 0.858. The highest BCUT2D eigenvalue weighted by Gasteiger charge is 2.23. The summed E-state index contributed by atoms with van der Waals surface area (Å²) in [5, 5.41) is 6.85. The Morgan fingerprint density at radius 2 is 1.69 bits per heavy atom. The molecule has 6 heteroatoms. The van der Waals surface area contributed by atoms with Crippen molar-refractivity contribution in [3.05, 3.63) is 46.8 Å². The van der Waals surface area contributed by atoms with Crippen LogP contribution in [0.5, 0.6) is 0 Å². The van der Waals surface area contributed by atoms with Crippen LogP contribution < -0.4 is 5.32 Å². The van der Waals surface area contributed by atoms with Crippen molar-refractivity contribution < 1.29 is 14.1 Å². The Morgan fingerprint density at radius 1 is 0.962 bits per heavy atom. The lowest BCUT2D eigenvalue weighted by Crippen LogP contribution is -2.27. The molecule has 2 aliphatic rings. The Morgan fingerprint density at radius 3 is 2.46 bits per heavy atom. The molecule has 6 nitrogen and oxygen atoms in total. The van der Waals surface area contributed by atoms with Gasteiger partial charge in [-0.15, -0.1) is 0 Å². The lowest BCUT2D eigenvalue weighted by atomic mass is 10.1. The van der Waals surface area contributed by atoms with Crippen molar-refractivity contribution in [1.82, 2.24) is 10.1 Å². The summed E-state index contributed by atoms with van der Waals surface area (Å²) in [5.74, 6) is 0.650. The third kappa shape index (κ3) is 3.36. The zero-order valence-corrected chi connectivity index (χ0v) is 14.8. The SMILES string of the molecule is O=C(Nc1ccc(C(=O)N2CCCC2)cc1)c1noc2c1CCCCC2. The van der Waals surface area contributed by atoms with Crippen molar-refractivity contribution in [3.63, 3.8) is 0 Å². The van der Waals surface area contributed by atoms with Gasteiger partial charge in [0.15, 0.2) is 5.69 Å². The van der Waals surface area contributed by atoms with Gasteiger partial charge in [0.25, 0.3) is 11.8 Å². The molecule has 1 aromatic heterocycles. The first-order valence-corrected chi connectivity index (χ1v) is 9.40. The topological polar surface area (TPSA) is 75.4 Å². The van der Waals surface area contributed by atoms with E-state index in [1.165, 1.54) is 0 Å². The molecule has 4 rings (SSSR count). The van der Waals surface area contributed by atoms with E-state index in [-0.39, 0.29) is 11.8 Å². The van der Waals surface area contributed by atoms with E-state index in [9.17, 15) is 9.59 Å². The molecule has 0 spiro atoms. The van der Waals surface area contributed by atoms with Crippen LogP contribution in [0.1, 0.15) is 64.3 Å². The number of hydrogen-bond donors (Lipinski definition) is 1. The third-order valence-corrected chi connectivity index (χ3v) is 5.20. The van der Waals surface area contributed by atoms with Gasteiger partial charge in [0.05, 0.1) is 0 Å². The average Bonchev–Trinajstić information content (AvgIpc) is 3.27. The molecule has 1 saturated heterocycles. The largest absolute Gasteiger partial charge is 0.360 e. The maximum atomic E-state index is 12.6. The summed E-state index contributed by atoms with van der Waals surface area (Å²) in [6.45, 7) is 1.66. The van der Waals surface area contributed by atoms with Crippen molar-refractivity contribution in [1.29, 1.82) is 0 Å². The van der Waals surface area contributed by atoms with Crippen LogP contribution in [-0.2, 0) is 12.8 Å². The van der Waals surface area contributed by atoms with E-state index in [2.05, 4.69) is 10.5 Å². The molecule has 1 aliphatic heterocycles. The van der Waals surface area contributed by atoms with Gasteiger partial charge in [0.2, 0.25) is 0 Å². The van der Waals surface area contributed by atoms with Gasteiger partial charge in [0, 0.05) is 36.3 Å². The third-order valence-electron chi connectivity index (χ3n) is 5.20. The van der Waals surface area contributed by atoms with E-state index >= 15 is 0 Å². The second-order valence-corrected chi connectivity index (χ2v) is 7.02. The van der Waals surface area contributed by atoms with E-state index in [1.54, 1.807) is 24.3 Å². The number of likely N-dealkylation sites (tertiary alicyclic amines) is 1. The molecular formula is C20H23N3O3. The predicted octanol–water partition coefficient (Wildman–Crippen LogP) is 3.43. The molecule has 1 aliphatic carbocycles. The number of benzene rings is 1. The number of aromatic nitrogens is 1. The fraction of sp³-hybridized carbons (Fsp3) is 0.450. The van der Waals surface area contributed by atoms with Crippen LogP contribution in [0, 0.1) is 0 Å². The van der Waals surface area contributed by atoms with Gasteiger partial charge in [-0.3, -0.25) is 9.59 Å². The van der Waals surface area contributed by atoms with Crippen LogP contribution in [0.15, 0.2) is 28.8 Å². The highest BCUT2D eigenvalue weighted by molar-refractivity contribution is 6.04. The number of carbonyl (C=O) groups is 2. The Balaban J connectivity index is 1.45. The fourth-order valence-corrected chi connectivity index (χ4v) is 3.73. The molecule has 1 fully saturated rings. The van der Waals surface area contributed by atoms with E-state index < -0.39 is 0 Å². The molecule has 0 saturated carbocycles. The van der Waals surface area contributed by atoms with Crippen molar-refractivity contribution in [3.8, 4) is 0 Å². The number of anilines is 1. The summed E-state index contributed by atoms with van der Waals surface area (Å²) in [6, 6.07) is 7.05. The normalized spacial score (nSPS) is 16.8. The van der Waals surface area contributed by atoms with Crippen LogP contribution in [-0.4, -0.2) is 35.0 Å². The van der Waals surface area contributed by atoms with Crippen molar-refractivity contribution in [2.45, 2.75) is 44.9 Å². The fourth-order valence-electron chi connectivity index (χ4n) is 3.73. The standard InChI is InChI=1S/C20H23N3O3/c24-19(18-16-6-2-1-3-7-17(16)26-22-18)21-15-10-8-14(9-11-15)20(25)23-12-4-5-13-23/h8-11H,1-7,12-13H2,(H,21,24). The van der Waals surface area contributed by atoms with Gasteiger partial charge < -0.3 is 14.7 Å². The molecule has 26 heavy (non-hydrogen) atoms. The first-order chi connectivity index (χ1) is 12.7. The number of rotatable bonds is 3. The van der Waals surface area contributed by atoms with Gasteiger partial charge in [0.1, 0.15) is 5.76 Å². The van der Waals surface area contributed by atoms with Crippen LogP contribution >= 0.6 is 0 Å². The smallest absolute Gasteiger partial charge is 0.278 e. The summed E-state index contributed by atoms with van der Waals surface area (Å²) in [7, 11) is 0. The summed E-state index contributed by atoms with van der Waals surface area (Å²) in [6.07, 6.45) is 7.12. The molecule has 136 valence electrons. The van der Waals surface area contributed by atoms with E-state index in [4.69, 9.17) is 4.52 Å². The van der Waals surface area contributed by atoms with Crippen molar-refractivity contribution in [2.24, 2.45) is 0 Å². The molecule has 2 aromatic rings. The molecule has 0 atom stereocenters. The van der Waals surface area contributed by atoms with Gasteiger partial charge in [-0.1, -0.05) is 11.6 Å². The first-order valence-electron chi connectivity index (χ1n) is 9.40. The molecule has 0 radical (unpaired) electrons. The van der Waals surface area contributed by atoms with Gasteiger partial charge in [-0.05, 0) is 56.4 Å². The van der Waals surface area contributed by atoms with E-state index in [0.717, 1.165) is 69.4 Å². The lowest BCUT2D eigenvalue weighted by Gasteiger charge is -2.15. The molecule has 2 heterocycles. The monoisotopic (exact) mass is 353 g/mol. The van der Waals surface area contributed by atoms with E-state index in [1.807, 2.05) is 4.90 Å². The summed E-state index contributed by atoms with van der Waals surface area (Å²) in [4.78, 5) is 26.8. The van der Waals surface area contributed by atoms with Gasteiger partial charge in [-0.25, -0.2) is 0 Å². The zero-order valence-electron chi connectivity index (χ0n) is 14.8. The highest BCUT2D eigenvalue weighted by Crippen LogP contribution is 2.24. The minimum Gasteiger partial charge on any atom is -0.360 e. The number of fused-ring (bicyclic) bond motifs is 1. The Hall–Kier alpha value is -2.63. The molecule has 1 N–H and O–H groups in total. The first kappa shape index (κ1) is 16.8. The number of aryl methyl sites for hydroxylation is 1. The van der Waals surface area contributed by atoms with Crippen LogP contribution in [0.4, 0.5) is 5.69 Å². The van der Waals surface area contributed by atoms with Gasteiger partial charge in [-0.2, -0.15) is 0 Å². The van der Waals surface area contributed by atoms with Crippen molar-refractivity contribution in [2.75, 3.05) is 18.4 Å². The maximum absolute atomic E-state index is 12.6. The summed E-state index contributed by atoms with van der Waals surface area (Å²) in [5.41, 5.74) is 2.64. The molecule has 2 amide bonds.